The minimum atomic E-state index is -0.0895. The van der Waals surface area contributed by atoms with Gasteiger partial charge in [0.05, 0.1) is 11.0 Å². The van der Waals surface area contributed by atoms with Gasteiger partial charge in [-0.05, 0) is 36.4 Å². The second kappa shape index (κ2) is 12.7. The third kappa shape index (κ3) is 7.91. The van der Waals surface area contributed by atoms with Crippen molar-refractivity contribution >= 4 is 46.1 Å². The molecule has 10 nitrogen and oxygen atoms in total. The van der Waals surface area contributed by atoms with Gasteiger partial charge in [-0.15, -0.1) is 0 Å². The third-order valence-electron chi connectivity index (χ3n) is 5.41. The van der Waals surface area contributed by atoms with Crippen LogP contribution in [0.4, 0.5) is 11.6 Å². The number of aryl methyl sites for hydroxylation is 1. The molecule has 0 aliphatic rings. The van der Waals surface area contributed by atoms with Crippen LogP contribution >= 0.6 is 11.6 Å². The highest BCUT2D eigenvalue weighted by atomic mass is 35.5. The first kappa shape index (κ1) is 25.9. The third-order valence-corrected chi connectivity index (χ3v) is 5.67. The minimum Gasteiger partial charge on any atom is -0.368 e. The lowest BCUT2D eigenvalue weighted by atomic mass is 10.2. The quantitative estimate of drug-likeness (QED) is 0.181. The summed E-state index contributed by atoms with van der Waals surface area (Å²) >= 11 is 6.02. The molecule has 11 heteroatoms. The van der Waals surface area contributed by atoms with Crippen molar-refractivity contribution in [3.05, 3.63) is 65.4 Å². The van der Waals surface area contributed by atoms with Crippen LogP contribution in [0.5, 0.6) is 0 Å². The van der Waals surface area contributed by atoms with Crippen molar-refractivity contribution in [2.24, 2.45) is 0 Å². The number of fused-ring (bicyclic) bond motifs is 1. The Bertz CT molecular complexity index is 1320. The van der Waals surface area contributed by atoms with Crippen molar-refractivity contribution in [2.45, 2.75) is 19.8 Å². The lowest BCUT2D eigenvalue weighted by Crippen LogP contribution is -2.29. The molecule has 4 rings (SSSR count). The summed E-state index contributed by atoms with van der Waals surface area (Å²) in [5.41, 5.74) is 2.68. The number of hydrogen-bond donors (Lipinski definition) is 5. The van der Waals surface area contributed by atoms with Crippen LogP contribution in [0.3, 0.4) is 0 Å². The molecule has 192 valence electrons. The second-order valence-corrected chi connectivity index (χ2v) is 8.79. The van der Waals surface area contributed by atoms with Gasteiger partial charge in [-0.25, -0.2) is 15.0 Å². The smallest absolute Gasteiger partial charge is 0.220 e. The molecule has 2 aromatic heterocycles. The van der Waals surface area contributed by atoms with E-state index < -0.39 is 0 Å². The van der Waals surface area contributed by atoms with E-state index in [4.69, 9.17) is 11.6 Å². The van der Waals surface area contributed by atoms with Crippen LogP contribution in [0.15, 0.2) is 54.6 Å². The maximum absolute atomic E-state index is 12.3. The monoisotopic (exact) mass is 520 g/mol. The van der Waals surface area contributed by atoms with Crippen molar-refractivity contribution < 1.29 is 9.59 Å². The summed E-state index contributed by atoms with van der Waals surface area (Å²) in [6.45, 7) is 3.38. The van der Waals surface area contributed by atoms with Gasteiger partial charge in [0.15, 0.2) is 5.82 Å². The van der Waals surface area contributed by atoms with E-state index in [2.05, 4.69) is 41.2 Å². The van der Waals surface area contributed by atoms with Crippen molar-refractivity contribution in [3.8, 4) is 11.4 Å². The van der Waals surface area contributed by atoms with E-state index in [1.807, 2.05) is 36.4 Å². The molecule has 0 bridgehead atoms. The predicted molar refractivity (Wildman–Crippen MR) is 146 cm³/mol. The highest BCUT2D eigenvalue weighted by Crippen LogP contribution is 2.22. The summed E-state index contributed by atoms with van der Waals surface area (Å²) in [5.74, 6) is 2.41. The average molecular weight is 521 g/mol. The summed E-state index contributed by atoms with van der Waals surface area (Å²) in [5, 5.41) is 12.7. The van der Waals surface area contributed by atoms with Gasteiger partial charge in [-0.3, -0.25) is 9.59 Å². The number of anilines is 2. The maximum Gasteiger partial charge on any atom is 0.220 e. The largest absolute Gasteiger partial charge is 0.368 e. The van der Waals surface area contributed by atoms with E-state index in [1.54, 1.807) is 18.2 Å². The van der Waals surface area contributed by atoms with E-state index in [0.29, 0.717) is 61.5 Å². The zero-order valence-corrected chi connectivity index (χ0v) is 21.2. The summed E-state index contributed by atoms with van der Waals surface area (Å²) in [4.78, 5) is 40.3. The Morgan fingerprint density at radius 3 is 2.22 bits per heavy atom. The number of rotatable bonds is 12. The number of aromatic amines is 1. The molecule has 0 atom stereocenters. The fourth-order valence-electron chi connectivity index (χ4n) is 3.62. The zero-order valence-electron chi connectivity index (χ0n) is 20.5. The van der Waals surface area contributed by atoms with Crippen molar-refractivity contribution in [2.75, 3.05) is 36.8 Å². The number of imidazole rings is 1. The topological polar surface area (TPSA) is 137 Å². The molecule has 0 aliphatic carbocycles. The van der Waals surface area contributed by atoms with Gasteiger partial charge < -0.3 is 26.3 Å². The van der Waals surface area contributed by atoms with Gasteiger partial charge in [-0.2, -0.15) is 0 Å². The number of nitrogens with zero attached hydrogens (tertiary/aromatic N) is 3. The first-order valence-corrected chi connectivity index (χ1v) is 12.4. The number of halogens is 1. The molecule has 0 aliphatic heterocycles. The Morgan fingerprint density at radius 1 is 0.865 bits per heavy atom. The molecule has 0 fully saturated rings. The number of nitrogens with one attached hydrogen (secondary N) is 5. The Hall–Kier alpha value is -4.18. The Balaban J connectivity index is 1.29. The molecule has 0 radical (unpaired) electrons. The summed E-state index contributed by atoms with van der Waals surface area (Å²) in [6, 6.07) is 16.9. The van der Waals surface area contributed by atoms with Crippen molar-refractivity contribution in [1.29, 1.82) is 0 Å². The van der Waals surface area contributed by atoms with E-state index in [1.165, 1.54) is 6.92 Å². The standard InChI is InChI=1S/C26H29ClN8O2/c1-17(36)28-12-13-29-23-16-24(35-26(34-23)18-6-8-19(27)9-7-18)30-14-15-31-25(37)11-10-22-32-20-4-2-3-5-21(20)33-22/h2-9,16H,10-15H2,1H3,(H,28,36)(H,31,37)(H,32,33)(H2,29,30,34,35). The summed E-state index contributed by atoms with van der Waals surface area (Å²) in [6.07, 6.45) is 0.883. The number of carbonyl (C=O) groups is 2. The van der Waals surface area contributed by atoms with Gasteiger partial charge in [-0.1, -0.05) is 23.7 Å². The SMILES string of the molecule is CC(=O)NCCNc1cc(NCCNC(=O)CCc2nc3ccccc3[nH]2)nc(-c2ccc(Cl)cc2)n1. The van der Waals surface area contributed by atoms with Gasteiger partial charge in [0.1, 0.15) is 17.5 Å². The van der Waals surface area contributed by atoms with E-state index >= 15 is 0 Å². The molecule has 0 spiro atoms. The molecule has 0 unspecified atom stereocenters. The van der Waals surface area contributed by atoms with Gasteiger partial charge in [0.2, 0.25) is 11.8 Å². The van der Waals surface area contributed by atoms with Crippen LogP contribution in [0, 0.1) is 0 Å². The maximum atomic E-state index is 12.3. The fraction of sp³-hybridized carbons (Fsp3) is 0.269. The molecule has 2 amide bonds. The molecule has 2 heterocycles. The Kier molecular flexibility index (Phi) is 8.88. The number of benzene rings is 2. The van der Waals surface area contributed by atoms with Gasteiger partial charge >= 0.3 is 0 Å². The molecular formula is C26H29ClN8O2. The number of H-pyrrole nitrogens is 1. The van der Waals surface area contributed by atoms with Crippen LogP contribution in [-0.4, -0.2) is 57.9 Å². The highest BCUT2D eigenvalue weighted by molar-refractivity contribution is 6.30. The molecule has 2 aromatic carbocycles. The van der Waals surface area contributed by atoms with Crippen molar-refractivity contribution in [1.82, 2.24) is 30.6 Å². The number of para-hydroxylation sites is 2. The van der Waals surface area contributed by atoms with Crippen LogP contribution in [0.25, 0.3) is 22.4 Å². The first-order chi connectivity index (χ1) is 18.0. The minimum absolute atomic E-state index is 0.0490. The molecule has 0 saturated heterocycles. The first-order valence-electron chi connectivity index (χ1n) is 12.0. The number of hydrogen-bond acceptors (Lipinski definition) is 7. The zero-order chi connectivity index (χ0) is 26.0. The normalized spacial score (nSPS) is 10.8. The fourth-order valence-corrected chi connectivity index (χ4v) is 3.75. The molecule has 37 heavy (non-hydrogen) atoms. The highest BCUT2D eigenvalue weighted by Gasteiger charge is 2.09. The van der Waals surface area contributed by atoms with E-state index in [0.717, 1.165) is 22.4 Å². The average Bonchev–Trinajstić information content (AvgIpc) is 3.31. The number of carbonyl (C=O) groups excluding carboxylic acids is 2. The van der Waals surface area contributed by atoms with E-state index in [9.17, 15) is 9.59 Å². The summed E-state index contributed by atoms with van der Waals surface area (Å²) in [7, 11) is 0. The van der Waals surface area contributed by atoms with E-state index in [-0.39, 0.29) is 11.8 Å². The summed E-state index contributed by atoms with van der Waals surface area (Å²) < 4.78 is 0. The van der Waals surface area contributed by atoms with Crippen molar-refractivity contribution in [3.63, 3.8) is 0 Å². The van der Waals surface area contributed by atoms with Crippen LogP contribution < -0.4 is 21.3 Å². The Morgan fingerprint density at radius 2 is 1.54 bits per heavy atom. The number of amides is 2. The van der Waals surface area contributed by atoms with Gasteiger partial charge in [0, 0.05) is 62.6 Å². The molecular weight excluding hydrogens is 492 g/mol. The predicted octanol–water partition coefficient (Wildman–Crippen LogP) is 3.38. The lowest BCUT2D eigenvalue weighted by Gasteiger charge is -2.12. The van der Waals surface area contributed by atoms with Crippen LogP contribution in [0.2, 0.25) is 5.02 Å². The number of aromatic nitrogens is 4. The molecule has 5 N–H and O–H groups in total. The van der Waals surface area contributed by atoms with Gasteiger partial charge in [0.25, 0.3) is 0 Å². The van der Waals surface area contributed by atoms with Crippen LogP contribution in [0.1, 0.15) is 19.2 Å². The second-order valence-electron chi connectivity index (χ2n) is 8.36. The Labute approximate surface area is 219 Å². The molecule has 4 aromatic rings. The van der Waals surface area contributed by atoms with Crippen LogP contribution in [-0.2, 0) is 16.0 Å². The lowest BCUT2D eigenvalue weighted by molar-refractivity contribution is -0.121. The molecule has 0 saturated carbocycles.